The first kappa shape index (κ1) is 22.2. The predicted molar refractivity (Wildman–Crippen MR) is 129 cm³/mol. The van der Waals surface area contributed by atoms with Crippen molar-refractivity contribution in [2.75, 3.05) is 0 Å². The molecule has 150 valence electrons. The molecule has 4 heteroatoms. The van der Waals surface area contributed by atoms with Gasteiger partial charge in [-0.2, -0.15) is 5.22 Å². The van der Waals surface area contributed by atoms with Gasteiger partial charge in [0.1, 0.15) is 0 Å². The van der Waals surface area contributed by atoms with E-state index in [0.717, 1.165) is 0 Å². The molecular weight excluding hydrogens is 503 g/mol. The van der Waals surface area contributed by atoms with Gasteiger partial charge >= 0.3 is 37.9 Å². The van der Waals surface area contributed by atoms with Gasteiger partial charge in [-0.25, -0.2) is 0 Å². The molecule has 2 aliphatic rings. The van der Waals surface area contributed by atoms with E-state index in [1.807, 2.05) is 0 Å². The van der Waals surface area contributed by atoms with Crippen molar-refractivity contribution in [2.45, 2.75) is 32.9 Å². The average Bonchev–Trinajstić information content (AvgIpc) is 3.23. The Bertz CT molecular complexity index is 1240. The van der Waals surface area contributed by atoms with Gasteiger partial charge in [-0.15, -0.1) is 34.9 Å². The molecule has 0 heterocycles. The molecule has 0 unspecified atom stereocenters. The number of rotatable bonds is 1. The summed E-state index contributed by atoms with van der Waals surface area (Å²) >= 11 is -0.826. The summed E-state index contributed by atoms with van der Waals surface area (Å²) in [5, 5.41) is 1.27. The van der Waals surface area contributed by atoms with Gasteiger partial charge in [0.05, 0.1) is 0 Å². The summed E-state index contributed by atoms with van der Waals surface area (Å²) in [7, 11) is 9.37. The van der Waals surface area contributed by atoms with E-state index < -0.39 is 29.3 Å². The summed E-state index contributed by atoms with van der Waals surface area (Å²) in [5.41, 5.74) is 11.3. The van der Waals surface area contributed by atoms with Crippen molar-refractivity contribution in [3.63, 3.8) is 0 Å². The quantitative estimate of drug-likeness (QED) is 0.233. The molecule has 0 aliphatic heterocycles. The Hall–Kier alpha value is -1.05. The molecule has 0 bridgehead atoms. The zero-order chi connectivity index (χ0) is 21.4. The maximum atomic E-state index is 4.93. The van der Waals surface area contributed by atoms with E-state index in [1.165, 1.54) is 49.7 Å². The Morgan fingerprint density at radius 3 is 1.90 bits per heavy atom. The normalized spacial score (nSPS) is 13.7. The van der Waals surface area contributed by atoms with Gasteiger partial charge in [-0.1, -0.05) is 78.9 Å². The van der Waals surface area contributed by atoms with Gasteiger partial charge < -0.3 is 0 Å². The third kappa shape index (κ3) is 3.71. The van der Waals surface area contributed by atoms with Crippen LogP contribution < -0.4 is 5.22 Å². The molecule has 0 saturated carbocycles. The van der Waals surface area contributed by atoms with E-state index in [9.17, 15) is 0 Å². The van der Waals surface area contributed by atoms with E-state index in [4.69, 9.17) is 17.0 Å². The van der Waals surface area contributed by atoms with E-state index >= 15 is 0 Å². The number of benzene rings is 3. The SMILES string of the molecule is CC1=C(C2c3ccccc3-c3ccccc32)c2c(C)c(=[Si](C)C)ccc2=[C-]1.[Cl][Zr][Cl]. The number of allylic oxidation sites excluding steroid dienone is 2. The van der Waals surface area contributed by atoms with Gasteiger partial charge in [0.2, 0.25) is 0 Å². The molecule has 0 amide bonds. The molecule has 0 nitrogen and oxygen atoms in total. The number of hydrogen-bond acceptors (Lipinski definition) is 0. The summed E-state index contributed by atoms with van der Waals surface area (Å²) in [6.07, 6.45) is 3.68. The standard InChI is InChI=1S/C26H23Si.2ClH.Zr/c1-16-15-18-13-14-23(27(3)4)17(2)25(18)24(16)26-21-11-7-5-9-19(21)20-10-6-8-12-22(20)26;;;/h5-14,26H,1-4H3;2*1H;/q-1;;;+2/p-2. The monoisotopic (exact) mass is 523 g/mol. The van der Waals surface area contributed by atoms with Crippen LogP contribution in [0.3, 0.4) is 0 Å². The Morgan fingerprint density at radius 1 is 0.833 bits per heavy atom. The van der Waals surface area contributed by atoms with Crippen molar-refractivity contribution in [3.05, 3.63) is 98.5 Å². The second-order valence-electron chi connectivity index (χ2n) is 8.00. The minimum absolute atomic E-state index is 0.310. The minimum atomic E-state index is -0.826. The Labute approximate surface area is 199 Å². The molecule has 3 aromatic carbocycles. The van der Waals surface area contributed by atoms with Crippen LogP contribution in [0.4, 0.5) is 0 Å². The van der Waals surface area contributed by atoms with Gasteiger partial charge in [0.15, 0.2) is 0 Å². The molecule has 0 fully saturated rings. The van der Waals surface area contributed by atoms with Gasteiger partial charge in [0, 0.05) is 8.41 Å². The Balaban J connectivity index is 0.000000687. The molecular formula is C26H23Cl2SiZr-. The molecule has 0 radical (unpaired) electrons. The van der Waals surface area contributed by atoms with E-state index in [1.54, 1.807) is 4.81 Å². The van der Waals surface area contributed by atoms with Crippen LogP contribution in [0.25, 0.3) is 22.8 Å². The summed E-state index contributed by atoms with van der Waals surface area (Å²) in [4.78, 5) is 1.55. The van der Waals surface area contributed by atoms with Crippen molar-refractivity contribution in [3.8, 4) is 11.1 Å². The van der Waals surface area contributed by atoms with Crippen LogP contribution in [0.2, 0.25) is 13.1 Å². The molecule has 0 atom stereocenters. The third-order valence-corrected chi connectivity index (χ3v) is 7.74. The molecule has 5 rings (SSSR count). The number of fused-ring (bicyclic) bond motifs is 4. The fraction of sp³-hybridized carbons (Fsp3) is 0.192. The number of halogens is 2. The fourth-order valence-corrected chi connectivity index (χ4v) is 6.28. The van der Waals surface area contributed by atoms with E-state index in [0.29, 0.717) is 5.92 Å². The molecule has 0 spiro atoms. The average molecular weight is 526 g/mol. The second-order valence-corrected chi connectivity index (χ2v) is 14.3. The van der Waals surface area contributed by atoms with Crippen LogP contribution in [-0.2, 0) is 20.8 Å². The second kappa shape index (κ2) is 9.21. The summed E-state index contributed by atoms with van der Waals surface area (Å²) in [6, 6.07) is 22.5. The molecule has 0 aromatic heterocycles. The zero-order valence-electron chi connectivity index (χ0n) is 17.6. The first-order chi connectivity index (χ1) is 14.5. The van der Waals surface area contributed by atoms with Crippen LogP contribution in [0.15, 0.2) is 66.2 Å². The fourth-order valence-electron chi connectivity index (χ4n) is 4.99. The van der Waals surface area contributed by atoms with Crippen molar-refractivity contribution >= 4 is 37.1 Å². The first-order valence-electron chi connectivity index (χ1n) is 10.1. The van der Waals surface area contributed by atoms with Crippen LogP contribution in [0.5, 0.6) is 0 Å². The zero-order valence-corrected chi connectivity index (χ0v) is 22.6. The van der Waals surface area contributed by atoms with Gasteiger partial charge in [-0.3, -0.25) is 0 Å². The molecule has 0 saturated heterocycles. The van der Waals surface area contributed by atoms with Crippen LogP contribution in [-0.4, -0.2) is 8.41 Å². The Kier molecular flexibility index (Phi) is 6.80. The molecule has 30 heavy (non-hydrogen) atoms. The molecule has 0 N–H and O–H groups in total. The van der Waals surface area contributed by atoms with Crippen molar-refractivity contribution in [2.24, 2.45) is 0 Å². The predicted octanol–water partition coefficient (Wildman–Crippen LogP) is 7.22. The number of hydrogen-bond donors (Lipinski definition) is 0. The van der Waals surface area contributed by atoms with Gasteiger partial charge in [-0.05, 0) is 35.1 Å². The van der Waals surface area contributed by atoms with Crippen molar-refractivity contribution in [1.82, 2.24) is 0 Å². The van der Waals surface area contributed by atoms with Crippen LogP contribution in [0.1, 0.15) is 35.1 Å². The molecule has 2 aliphatic carbocycles. The van der Waals surface area contributed by atoms with Crippen molar-refractivity contribution < 1.29 is 20.8 Å². The maximum absolute atomic E-state index is 4.93. The van der Waals surface area contributed by atoms with E-state index in [2.05, 4.69) is 93.7 Å². The molecule has 3 aromatic rings. The first-order valence-corrected chi connectivity index (χ1v) is 18.9. The summed E-state index contributed by atoms with van der Waals surface area (Å²) < 4.78 is 0. The van der Waals surface area contributed by atoms with Crippen LogP contribution in [0, 0.1) is 11.7 Å². The Morgan fingerprint density at radius 2 is 1.37 bits per heavy atom. The topological polar surface area (TPSA) is 0 Å². The summed E-state index contributed by atoms with van der Waals surface area (Å²) in [6.45, 7) is 9.33. The van der Waals surface area contributed by atoms with Crippen LogP contribution >= 0.6 is 17.0 Å². The van der Waals surface area contributed by atoms with E-state index in [-0.39, 0.29) is 0 Å². The van der Waals surface area contributed by atoms with Gasteiger partial charge in [0.25, 0.3) is 0 Å². The third-order valence-electron chi connectivity index (χ3n) is 6.12. The summed E-state index contributed by atoms with van der Waals surface area (Å²) in [5.74, 6) is 0.310. The van der Waals surface area contributed by atoms with Crippen molar-refractivity contribution in [1.29, 1.82) is 0 Å².